The summed E-state index contributed by atoms with van der Waals surface area (Å²) in [5, 5.41) is 10.1. The molecule has 0 aliphatic heterocycles. The van der Waals surface area contributed by atoms with Crippen LogP contribution in [0.1, 0.15) is 22.8 Å². The summed E-state index contributed by atoms with van der Waals surface area (Å²) in [4.78, 5) is 0. The van der Waals surface area contributed by atoms with Gasteiger partial charge in [0.25, 0.3) is 0 Å². The van der Waals surface area contributed by atoms with E-state index in [-0.39, 0.29) is 5.82 Å². The number of nitrogens with two attached hydrogens (primary N) is 1. The molecule has 0 aliphatic rings. The van der Waals surface area contributed by atoms with Crippen molar-refractivity contribution in [1.29, 1.82) is 0 Å². The number of aryl methyl sites for hydroxylation is 1. The number of benzene rings is 2. The highest BCUT2D eigenvalue weighted by atomic mass is 19.1. The molecule has 2 rings (SSSR count). The van der Waals surface area contributed by atoms with Crippen LogP contribution in [0.5, 0.6) is 0 Å². The smallest absolute Gasteiger partial charge is 0.126 e. The van der Waals surface area contributed by atoms with E-state index in [2.05, 4.69) is 0 Å². The van der Waals surface area contributed by atoms with Gasteiger partial charge in [-0.05, 0) is 30.2 Å². The average molecular weight is 231 g/mol. The van der Waals surface area contributed by atoms with Crippen LogP contribution >= 0.6 is 0 Å². The highest BCUT2D eigenvalue weighted by Crippen LogP contribution is 2.27. The van der Waals surface area contributed by atoms with Crippen LogP contribution in [0, 0.1) is 12.7 Å². The molecule has 0 aliphatic carbocycles. The first-order chi connectivity index (χ1) is 8.09. The first kappa shape index (κ1) is 11.6. The van der Waals surface area contributed by atoms with Gasteiger partial charge in [-0.25, -0.2) is 4.39 Å². The van der Waals surface area contributed by atoms with Crippen LogP contribution in [0.3, 0.4) is 0 Å². The Hall–Kier alpha value is -1.87. The normalized spacial score (nSPS) is 12.4. The average Bonchev–Trinajstić information content (AvgIpc) is 2.32. The van der Waals surface area contributed by atoms with Crippen molar-refractivity contribution in [2.24, 2.45) is 0 Å². The molecule has 3 heteroatoms. The van der Waals surface area contributed by atoms with E-state index < -0.39 is 6.10 Å². The molecule has 2 nitrogen and oxygen atoms in total. The molecule has 0 spiro atoms. The van der Waals surface area contributed by atoms with Crippen LogP contribution < -0.4 is 5.73 Å². The van der Waals surface area contributed by atoms with Crippen molar-refractivity contribution in [3.05, 3.63) is 65.0 Å². The predicted molar refractivity (Wildman–Crippen MR) is 66.1 cm³/mol. The third kappa shape index (κ3) is 2.29. The summed E-state index contributed by atoms with van der Waals surface area (Å²) in [7, 11) is 0. The number of halogens is 1. The molecule has 0 saturated carbocycles. The zero-order valence-electron chi connectivity index (χ0n) is 9.52. The molecule has 0 saturated heterocycles. The molecule has 0 amide bonds. The van der Waals surface area contributed by atoms with Crippen molar-refractivity contribution < 1.29 is 9.50 Å². The fourth-order valence-corrected chi connectivity index (χ4v) is 1.72. The van der Waals surface area contributed by atoms with Gasteiger partial charge in [-0.1, -0.05) is 30.3 Å². The third-order valence-corrected chi connectivity index (χ3v) is 2.80. The molecule has 88 valence electrons. The van der Waals surface area contributed by atoms with E-state index in [4.69, 9.17) is 5.73 Å². The van der Waals surface area contributed by atoms with Gasteiger partial charge in [0.1, 0.15) is 11.9 Å². The van der Waals surface area contributed by atoms with Crippen molar-refractivity contribution >= 4 is 5.69 Å². The number of anilines is 1. The molecule has 0 radical (unpaired) electrons. The van der Waals surface area contributed by atoms with Crippen molar-refractivity contribution in [2.45, 2.75) is 13.0 Å². The van der Waals surface area contributed by atoms with E-state index in [1.807, 2.05) is 0 Å². The van der Waals surface area contributed by atoms with Crippen LogP contribution in [-0.4, -0.2) is 5.11 Å². The quantitative estimate of drug-likeness (QED) is 0.781. The molecule has 0 bridgehead atoms. The van der Waals surface area contributed by atoms with Crippen LogP contribution in [-0.2, 0) is 0 Å². The second-order valence-corrected chi connectivity index (χ2v) is 4.04. The first-order valence-electron chi connectivity index (χ1n) is 5.38. The largest absolute Gasteiger partial charge is 0.398 e. The van der Waals surface area contributed by atoms with Gasteiger partial charge < -0.3 is 10.8 Å². The van der Waals surface area contributed by atoms with Gasteiger partial charge in [0.05, 0.1) is 0 Å². The van der Waals surface area contributed by atoms with Gasteiger partial charge in [0.2, 0.25) is 0 Å². The number of para-hydroxylation sites is 1. The lowest BCUT2D eigenvalue weighted by Gasteiger charge is -2.14. The number of aliphatic hydroxyl groups excluding tert-OH is 1. The Bertz CT molecular complexity index is 539. The number of rotatable bonds is 2. The van der Waals surface area contributed by atoms with E-state index >= 15 is 0 Å². The van der Waals surface area contributed by atoms with Gasteiger partial charge >= 0.3 is 0 Å². The molecule has 0 aromatic heterocycles. The van der Waals surface area contributed by atoms with Gasteiger partial charge in [0, 0.05) is 11.3 Å². The molecule has 0 fully saturated rings. The molecule has 3 N–H and O–H groups in total. The molecule has 1 atom stereocenters. The summed E-state index contributed by atoms with van der Waals surface area (Å²) >= 11 is 0. The second-order valence-electron chi connectivity index (χ2n) is 4.04. The highest BCUT2D eigenvalue weighted by molar-refractivity contribution is 5.50. The van der Waals surface area contributed by atoms with Gasteiger partial charge in [-0.2, -0.15) is 0 Å². The zero-order valence-corrected chi connectivity index (χ0v) is 9.52. The standard InChI is InChI=1S/C14H14FNO/c1-9-6-7-10(8-12(9)15)14(17)11-4-2-3-5-13(11)16/h2-8,14,17H,16H2,1H3. The Morgan fingerprint density at radius 3 is 2.53 bits per heavy atom. The maximum absolute atomic E-state index is 13.4. The minimum absolute atomic E-state index is 0.323. The van der Waals surface area contributed by atoms with Crippen LogP contribution in [0.15, 0.2) is 42.5 Å². The fourth-order valence-electron chi connectivity index (χ4n) is 1.72. The van der Waals surface area contributed by atoms with E-state index in [1.54, 1.807) is 43.3 Å². The molecule has 2 aromatic carbocycles. The van der Waals surface area contributed by atoms with Crippen LogP contribution in [0.25, 0.3) is 0 Å². The van der Waals surface area contributed by atoms with E-state index in [1.165, 1.54) is 6.07 Å². The lowest BCUT2D eigenvalue weighted by Crippen LogP contribution is -2.04. The summed E-state index contributed by atoms with van der Waals surface area (Å²) in [5.74, 6) is -0.323. The molecular weight excluding hydrogens is 217 g/mol. The van der Waals surface area contributed by atoms with Gasteiger partial charge in [0.15, 0.2) is 0 Å². The van der Waals surface area contributed by atoms with Crippen molar-refractivity contribution in [1.82, 2.24) is 0 Å². The Kier molecular flexibility index (Phi) is 3.11. The Balaban J connectivity index is 2.40. The van der Waals surface area contributed by atoms with E-state index in [0.29, 0.717) is 22.4 Å². The van der Waals surface area contributed by atoms with E-state index in [0.717, 1.165) is 0 Å². The first-order valence-corrected chi connectivity index (χ1v) is 5.38. The highest BCUT2D eigenvalue weighted by Gasteiger charge is 2.14. The van der Waals surface area contributed by atoms with Gasteiger partial charge in [-0.3, -0.25) is 0 Å². The molecule has 1 unspecified atom stereocenters. The number of nitrogen functional groups attached to an aromatic ring is 1. The summed E-state index contributed by atoms with van der Waals surface area (Å²) < 4.78 is 13.4. The lowest BCUT2D eigenvalue weighted by atomic mass is 9.99. The SMILES string of the molecule is Cc1ccc(C(O)c2ccccc2N)cc1F. The fraction of sp³-hybridized carbons (Fsp3) is 0.143. The maximum Gasteiger partial charge on any atom is 0.126 e. The minimum Gasteiger partial charge on any atom is -0.398 e. The van der Waals surface area contributed by atoms with Crippen molar-refractivity contribution in [3.8, 4) is 0 Å². The topological polar surface area (TPSA) is 46.2 Å². The summed E-state index contributed by atoms with van der Waals surface area (Å²) in [6, 6.07) is 11.7. The third-order valence-electron chi connectivity index (χ3n) is 2.80. The summed E-state index contributed by atoms with van der Waals surface area (Å²) in [5.41, 5.74) is 7.93. The summed E-state index contributed by atoms with van der Waals surface area (Å²) in [6.45, 7) is 1.68. The second kappa shape index (κ2) is 4.55. The Morgan fingerprint density at radius 1 is 1.18 bits per heavy atom. The number of hydrogen-bond acceptors (Lipinski definition) is 2. The number of hydrogen-bond donors (Lipinski definition) is 2. The molecule has 2 aromatic rings. The van der Waals surface area contributed by atoms with E-state index in [9.17, 15) is 9.50 Å². The summed E-state index contributed by atoms with van der Waals surface area (Å²) in [6.07, 6.45) is -0.897. The number of aliphatic hydroxyl groups is 1. The van der Waals surface area contributed by atoms with Gasteiger partial charge in [-0.15, -0.1) is 0 Å². The van der Waals surface area contributed by atoms with Crippen LogP contribution in [0.2, 0.25) is 0 Å². The maximum atomic E-state index is 13.4. The Morgan fingerprint density at radius 2 is 1.88 bits per heavy atom. The lowest BCUT2D eigenvalue weighted by molar-refractivity contribution is 0.220. The molecular formula is C14H14FNO. The molecule has 0 heterocycles. The van der Waals surface area contributed by atoms with Crippen LogP contribution in [0.4, 0.5) is 10.1 Å². The monoisotopic (exact) mass is 231 g/mol. The van der Waals surface area contributed by atoms with Crippen molar-refractivity contribution in [2.75, 3.05) is 5.73 Å². The predicted octanol–water partition coefficient (Wildman–Crippen LogP) is 2.80. The molecule has 17 heavy (non-hydrogen) atoms. The zero-order chi connectivity index (χ0) is 12.4. The Labute approximate surface area is 99.5 Å². The van der Waals surface area contributed by atoms with Crippen molar-refractivity contribution in [3.63, 3.8) is 0 Å². The minimum atomic E-state index is -0.897.